The molecule has 2 rings (SSSR count). The number of nitrogens with zero attached hydrogens (tertiary/aromatic N) is 1. The van der Waals surface area contributed by atoms with Gasteiger partial charge in [-0.3, -0.25) is 9.59 Å². The number of carbonyl (C=O) groups is 2. The van der Waals surface area contributed by atoms with Gasteiger partial charge in [-0.1, -0.05) is 0 Å². The van der Waals surface area contributed by atoms with Crippen LogP contribution in [-0.2, 0) is 9.59 Å². The van der Waals surface area contributed by atoms with Gasteiger partial charge in [0.25, 0.3) is 0 Å². The summed E-state index contributed by atoms with van der Waals surface area (Å²) in [5.74, 6) is -1.90. The van der Waals surface area contributed by atoms with Crippen LogP contribution in [0.1, 0.15) is 25.7 Å². The molecule has 1 N–H and O–H groups in total. The summed E-state index contributed by atoms with van der Waals surface area (Å²) in [4.78, 5) is 24.1. The number of aliphatic carboxylic acids is 1. The molecule has 1 atom stereocenters. The smallest absolute Gasteiger partial charge is 0.316 e. The molecule has 0 aromatic heterocycles. The van der Waals surface area contributed by atoms with Gasteiger partial charge in [0.2, 0.25) is 5.91 Å². The van der Waals surface area contributed by atoms with E-state index in [2.05, 4.69) is 0 Å². The summed E-state index contributed by atoms with van der Waals surface area (Å²) in [6, 6.07) is 0.356. The van der Waals surface area contributed by atoms with Gasteiger partial charge in [-0.05, 0) is 25.7 Å². The molecule has 4 nitrogen and oxygen atoms in total. The number of amides is 1. The minimum atomic E-state index is -0.963. The minimum absolute atomic E-state index is 0.166. The lowest BCUT2D eigenvalue weighted by Gasteiger charge is -2.30. The number of carbonyl (C=O) groups excluding carboxylic acids is 1. The maximum atomic E-state index is 11.6. The van der Waals surface area contributed by atoms with Crippen molar-refractivity contribution in [3.8, 4) is 0 Å². The monoisotopic (exact) mass is 183 g/mol. The van der Waals surface area contributed by atoms with Crippen molar-refractivity contribution in [2.75, 3.05) is 6.54 Å². The van der Waals surface area contributed by atoms with Crippen LogP contribution >= 0.6 is 0 Å². The number of hydrogen-bond acceptors (Lipinski definition) is 2. The van der Waals surface area contributed by atoms with Crippen LogP contribution in [0, 0.1) is 5.92 Å². The number of carboxylic acids is 1. The third kappa shape index (κ3) is 1.53. The molecule has 4 heteroatoms. The first-order valence-electron chi connectivity index (χ1n) is 4.73. The van der Waals surface area contributed by atoms with Crippen molar-refractivity contribution in [3.05, 3.63) is 0 Å². The van der Waals surface area contributed by atoms with Gasteiger partial charge in [-0.25, -0.2) is 0 Å². The molecule has 0 aromatic carbocycles. The Balaban J connectivity index is 2.06. The molecule has 13 heavy (non-hydrogen) atoms. The molecule has 1 saturated heterocycles. The highest BCUT2D eigenvalue weighted by atomic mass is 16.4. The van der Waals surface area contributed by atoms with Crippen LogP contribution in [0.25, 0.3) is 0 Å². The highest BCUT2D eigenvalue weighted by Crippen LogP contribution is 2.31. The molecule has 0 spiro atoms. The molecule has 1 aliphatic heterocycles. The SMILES string of the molecule is O=C(O)[C@@H]1CCCN(C2CC2)C1=O. The van der Waals surface area contributed by atoms with Gasteiger partial charge in [0.1, 0.15) is 5.92 Å². The van der Waals surface area contributed by atoms with Gasteiger partial charge in [0.15, 0.2) is 0 Å². The molecular weight excluding hydrogens is 170 g/mol. The standard InChI is InChI=1S/C9H13NO3/c11-8-7(9(12)13)2-1-5-10(8)6-3-4-6/h6-7H,1-5H2,(H,12,13)/t7-/m1/s1. The topological polar surface area (TPSA) is 57.6 Å². The molecule has 2 aliphatic rings. The molecule has 1 saturated carbocycles. The van der Waals surface area contributed by atoms with Crippen LogP contribution in [-0.4, -0.2) is 34.5 Å². The summed E-state index contributed by atoms with van der Waals surface area (Å²) in [6.07, 6.45) is 3.45. The highest BCUT2D eigenvalue weighted by molar-refractivity contribution is 5.97. The van der Waals surface area contributed by atoms with Crippen LogP contribution in [0.2, 0.25) is 0 Å². The lowest BCUT2D eigenvalue weighted by molar-refractivity contribution is -0.154. The zero-order chi connectivity index (χ0) is 9.42. The molecule has 0 aromatic rings. The molecule has 1 amide bonds. The summed E-state index contributed by atoms with van der Waals surface area (Å²) in [7, 11) is 0. The van der Waals surface area contributed by atoms with Crippen molar-refractivity contribution in [3.63, 3.8) is 0 Å². The molecule has 72 valence electrons. The number of rotatable bonds is 2. The zero-order valence-electron chi connectivity index (χ0n) is 7.40. The quantitative estimate of drug-likeness (QED) is 0.633. The van der Waals surface area contributed by atoms with Crippen LogP contribution < -0.4 is 0 Å². The summed E-state index contributed by atoms with van der Waals surface area (Å²) >= 11 is 0. The summed E-state index contributed by atoms with van der Waals surface area (Å²) in [5.41, 5.74) is 0. The third-order valence-corrected chi connectivity index (χ3v) is 2.76. The number of hydrogen-bond donors (Lipinski definition) is 1. The Morgan fingerprint density at radius 3 is 2.62 bits per heavy atom. The second kappa shape index (κ2) is 3.01. The second-order valence-electron chi connectivity index (χ2n) is 3.80. The van der Waals surface area contributed by atoms with Crippen LogP contribution in [0.3, 0.4) is 0 Å². The molecular formula is C9H13NO3. The Labute approximate surface area is 76.5 Å². The fraction of sp³-hybridized carbons (Fsp3) is 0.778. The van der Waals surface area contributed by atoms with Crippen LogP contribution in [0.5, 0.6) is 0 Å². The first-order valence-corrected chi connectivity index (χ1v) is 4.73. The molecule has 0 bridgehead atoms. The zero-order valence-corrected chi connectivity index (χ0v) is 7.40. The van der Waals surface area contributed by atoms with E-state index in [1.165, 1.54) is 0 Å². The van der Waals surface area contributed by atoms with Gasteiger partial charge >= 0.3 is 5.97 Å². The number of piperidine rings is 1. The van der Waals surface area contributed by atoms with E-state index in [-0.39, 0.29) is 5.91 Å². The van der Waals surface area contributed by atoms with E-state index < -0.39 is 11.9 Å². The molecule has 2 fully saturated rings. The lowest BCUT2D eigenvalue weighted by Crippen LogP contribution is -2.45. The van der Waals surface area contributed by atoms with Crippen molar-refractivity contribution in [1.29, 1.82) is 0 Å². The normalized spacial score (nSPS) is 29.1. The number of carboxylic acid groups (broad SMARTS) is 1. The molecule has 0 unspecified atom stereocenters. The van der Waals surface area contributed by atoms with E-state index >= 15 is 0 Å². The average Bonchev–Trinajstić information content (AvgIpc) is 2.87. The Kier molecular flexibility index (Phi) is 1.98. The first-order chi connectivity index (χ1) is 6.20. The fourth-order valence-electron chi connectivity index (χ4n) is 1.88. The van der Waals surface area contributed by atoms with E-state index in [9.17, 15) is 9.59 Å². The van der Waals surface area contributed by atoms with Gasteiger partial charge in [0, 0.05) is 12.6 Å². The summed E-state index contributed by atoms with van der Waals surface area (Å²) < 4.78 is 0. The van der Waals surface area contributed by atoms with Gasteiger partial charge in [0.05, 0.1) is 0 Å². The van der Waals surface area contributed by atoms with Gasteiger partial charge in [-0.15, -0.1) is 0 Å². The Morgan fingerprint density at radius 2 is 2.08 bits per heavy atom. The van der Waals surface area contributed by atoms with Crippen LogP contribution in [0.4, 0.5) is 0 Å². The maximum Gasteiger partial charge on any atom is 0.316 e. The van der Waals surface area contributed by atoms with Crippen molar-refractivity contribution in [2.24, 2.45) is 5.92 Å². The third-order valence-electron chi connectivity index (χ3n) is 2.76. The second-order valence-corrected chi connectivity index (χ2v) is 3.80. The van der Waals surface area contributed by atoms with E-state index in [0.29, 0.717) is 12.5 Å². The number of likely N-dealkylation sites (tertiary alicyclic amines) is 1. The minimum Gasteiger partial charge on any atom is -0.481 e. The summed E-state index contributed by atoms with van der Waals surface area (Å²) in [5, 5.41) is 8.78. The van der Waals surface area contributed by atoms with E-state index in [1.807, 2.05) is 0 Å². The lowest BCUT2D eigenvalue weighted by atomic mass is 9.97. The Bertz CT molecular complexity index is 247. The molecule has 0 radical (unpaired) electrons. The van der Waals surface area contributed by atoms with Crippen molar-refractivity contribution in [1.82, 2.24) is 4.90 Å². The van der Waals surface area contributed by atoms with E-state index in [0.717, 1.165) is 25.8 Å². The molecule has 1 heterocycles. The van der Waals surface area contributed by atoms with E-state index in [1.54, 1.807) is 4.90 Å². The predicted molar refractivity (Wildman–Crippen MR) is 45.1 cm³/mol. The Hall–Kier alpha value is -1.06. The predicted octanol–water partition coefficient (Wildman–Crippen LogP) is 0.472. The maximum absolute atomic E-state index is 11.6. The van der Waals surface area contributed by atoms with Crippen molar-refractivity contribution >= 4 is 11.9 Å². The highest BCUT2D eigenvalue weighted by Gasteiger charge is 2.40. The molecule has 1 aliphatic carbocycles. The van der Waals surface area contributed by atoms with Crippen molar-refractivity contribution in [2.45, 2.75) is 31.7 Å². The van der Waals surface area contributed by atoms with Crippen molar-refractivity contribution < 1.29 is 14.7 Å². The largest absolute Gasteiger partial charge is 0.481 e. The Morgan fingerprint density at radius 1 is 1.38 bits per heavy atom. The fourth-order valence-corrected chi connectivity index (χ4v) is 1.88. The van der Waals surface area contributed by atoms with Gasteiger partial charge < -0.3 is 10.0 Å². The summed E-state index contributed by atoms with van der Waals surface area (Å²) in [6.45, 7) is 0.757. The first kappa shape index (κ1) is 8.53. The van der Waals surface area contributed by atoms with E-state index in [4.69, 9.17) is 5.11 Å². The van der Waals surface area contributed by atoms with Crippen LogP contribution in [0.15, 0.2) is 0 Å². The average molecular weight is 183 g/mol. The van der Waals surface area contributed by atoms with Gasteiger partial charge in [-0.2, -0.15) is 0 Å².